The lowest BCUT2D eigenvalue weighted by Crippen LogP contribution is -2.36. The number of benzene rings is 2. The van der Waals surface area contributed by atoms with Gasteiger partial charge in [0, 0.05) is 38.4 Å². The van der Waals surface area contributed by atoms with Crippen LogP contribution in [0.3, 0.4) is 0 Å². The average Bonchev–Trinajstić information content (AvgIpc) is 3.28. The van der Waals surface area contributed by atoms with Crippen LogP contribution in [0.4, 0.5) is 21.9 Å². The Bertz CT molecular complexity index is 781. The molecule has 2 heterocycles. The average molecular weight is 380 g/mol. The molecule has 6 heteroatoms. The van der Waals surface area contributed by atoms with Gasteiger partial charge in [-0.05, 0) is 42.7 Å². The number of amides is 2. The number of urea groups is 1. The molecule has 6 nitrogen and oxygen atoms in total. The SMILES string of the molecule is O=C(NCc1ccc(N2CCOCC2)cc1)Nc1ccccc1N1CCCC1. The van der Waals surface area contributed by atoms with Crippen LogP contribution in [0.5, 0.6) is 0 Å². The number of carbonyl (C=O) groups excluding carboxylic acids is 1. The Labute approximate surface area is 166 Å². The zero-order valence-corrected chi connectivity index (χ0v) is 16.2. The summed E-state index contributed by atoms with van der Waals surface area (Å²) in [6.45, 7) is 6.02. The van der Waals surface area contributed by atoms with E-state index in [0.717, 1.165) is 56.3 Å². The summed E-state index contributed by atoms with van der Waals surface area (Å²) in [4.78, 5) is 17.1. The molecule has 2 aromatic carbocycles. The predicted octanol–water partition coefficient (Wildman–Crippen LogP) is 3.45. The minimum Gasteiger partial charge on any atom is -0.378 e. The van der Waals surface area contributed by atoms with E-state index in [1.807, 2.05) is 18.2 Å². The first-order valence-electron chi connectivity index (χ1n) is 10.1. The van der Waals surface area contributed by atoms with E-state index in [1.165, 1.54) is 18.5 Å². The first-order valence-corrected chi connectivity index (χ1v) is 10.1. The van der Waals surface area contributed by atoms with E-state index in [1.54, 1.807) is 0 Å². The molecule has 2 aliphatic rings. The van der Waals surface area contributed by atoms with Crippen molar-refractivity contribution in [3.8, 4) is 0 Å². The van der Waals surface area contributed by atoms with Crippen LogP contribution in [0.1, 0.15) is 18.4 Å². The maximum Gasteiger partial charge on any atom is 0.319 e. The maximum absolute atomic E-state index is 12.4. The number of hydrogen-bond donors (Lipinski definition) is 2. The van der Waals surface area contributed by atoms with Crippen LogP contribution < -0.4 is 20.4 Å². The predicted molar refractivity (Wildman–Crippen MR) is 113 cm³/mol. The van der Waals surface area contributed by atoms with Gasteiger partial charge in [0.25, 0.3) is 0 Å². The number of para-hydroxylation sites is 2. The molecule has 0 bridgehead atoms. The number of hydrogen-bond acceptors (Lipinski definition) is 4. The standard InChI is InChI=1S/C22H28N4O2/c27-22(24-20-5-1-2-6-21(20)26-11-3-4-12-26)23-17-18-7-9-19(10-8-18)25-13-15-28-16-14-25/h1-2,5-10H,3-4,11-17H2,(H2,23,24,27). The van der Waals surface area contributed by atoms with Gasteiger partial charge in [0.05, 0.1) is 24.6 Å². The summed E-state index contributed by atoms with van der Waals surface area (Å²) in [7, 11) is 0. The second-order valence-corrected chi connectivity index (χ2v) is 7.28. The Kier molecular flexibility index (Phi) is 5.97. The van der Waals surface area contributed by atoms with Crippen molar-refractivity contribution in [1.82, 2.24) is 5.32 Å². The van der Waals surface area contributed by atoms with Gasteiger partial charge in [0.2, 0.25) is 0 Å². The van der Waals surface area contributed by atoms with Crippen molar-refractivity contribution in [2.45, 2.75) is 19.4 Å². The number of ether oxygens (including phenoxy) is 1. The Balaban J connectivity index is 1.31. The summed E-state index contributed by atoms with van der Waals surface area (Å²) < 4.78 is 5.40. The van der Waals surface area contributed by atoms with E-state index in [9.17, 15) is 4.79 Å². The summed E-state index contributed by atoms with van der Waals surface area (Å²) in [6, 6.07) is 16.2. The van der Waals surface area contributed by atoms with Gasteiger partial charge in [-0.2, -0.15) is 0 Å². The molecule has 0 spiro atoms. The van der Waals surface area contributed by atoms with Crippen LogP contribution in [-0.2, 0) is 11.3 Å². The summed E-state index contributed by atoms with van der Waals surface area (Å²) in [5.41, 5.74) is 4.26. The molecule has 0 saturated carbocycles. The van der Waals surface area contributed by atoms with E-state index in [0.29, 0.717) is 6.54 Å². The third-order valence-corrected chi connectivity index (χ3v) is 5.36. The summed E-state index contributed by atoms with van der Waals surface area (Å²) in [5.74, 6) is 0. The quantitative estimate of drug-likeness (QED) is 0.834. The molecule has 0 aliphatic carbocycles. The van der Waals surface area contributed by atoms with E-state index >= 15 is 0 Å². The highest BCUT2D eigenvalue weighted by molar-refractivity contribution is 5.93. The fraction of sp³-hybridized carbons (Fsp3) is 0.409. The molecule has 2 N–H and O–H groups in total. The third kappa shape index (κ3) is 4.57. The highest BCUT2D eigenvalue weighted by atomic mass is 16.5. The fourth-order valence-electron chi connectivity index (χ4n) is 3.81. The Morgan fingerprint density at radius 3 is 2.36 bits per heavy atom. The van der Waals surface area contributed by atoms with Crippen molar-refractivity contribution >= 4 is 23.1 Å². The van der Waals surface area contributed by atoms with Crippen LogP contribution in [0.25, 0.3) is 0 Å². The number of rotatable bonds is 5. The van der Waals surface area contributed by atoms with Crippen LogP contribution in [0.2, 0.25) is 0 Å². The van der Waals surface area contributed by atoms with Gasteiger partial charge >= 0.3 is 6.03 Å². The first-order chi connectivity index (χ1) is 13.8. The molecule has 2 fully saturated rings. The minimum absolute atomic E-state index is 0.177. The molecular weight excluding hydrogens is 352 g/mol. The maximum atomic E-state index is 12.4. The Hall–Kier alpha value is -2.73. The molecule has 0 aromatic heterocycles. The Morgan fingerprint density at radius 2 is 1.61 bits per heavy atom. The zero-order chi connectivity index (χ0) is 19.2. The normalized spacial score (nSPS) is 16.9. The van der Waals surface area contributed by atoms with E-state index < -0.39 is 0 Å². The number of morpholine rings is 1. The zero-order valence-electron chi connectivity index (χ0n) is 16.2. The van der Waals surface area contributed by atoms with Gasteiger partial charge in [0.1, 0.15) is 0 Å². The van der Waals surface area contributed by atoms with Crippen molar-refractivity contribution in [1.29, 1.82) is 0 Å². The molecule has 2 amide bonds. The number of nitrogens with one attached hydrogen (secondary N) is 2. The van der Waals surface area contributed by atoms with E-state index in [-0.39, 0.29) is 6.03 Å². The van der Waals surface area contributed by atoms with Gasteiger partial charge in [-0.15, -0.1) is 0 Å². The van der Waals surface area contributed by atoms with Crippen LogP contribution >= 0.6 is 0 Å². The lowest BCUT2D eigenvalue weighted by atomic mass is 10.2. The summed E-state index contributed by atoms with van der Waals surface area (Å²) in [5, 5.41) is 5.97. The molecule has 148 valence electrons. The van der Waals surface area contributed by atoms with Gasteiger partial charge in [-0.25, -0.2) is 4.79 Å². The van der Waals surface area contributed by atoms with Crippen LogP contribution in [0.15, 0.2) is 48.5 Å². The van der Waals surface area contributed by atoms with E-state index in [4.69, 9.17) is 4.74 Å². The third-order valence-electron chi connectivity index (χ3n) is 5.36. The van der Waals surface area contributed by atoms with E-state index in [2.05, 4.69) is 50.8 Å². The molecule has 2 aromatic rings. The van der Waals surface area contributed by atoms with Crippen molar-refractivity contribution < 1.29 is 9.53 Å². The topological polar surface area (TPSA) is 56.8 Å². The second-order valence-electron chi connectivity index (χ2n) is 7.28. The van der Waals surface area contributed by atoms with Gasteiger partial charge in [-0.3, -0.25) is 0 Å². The van der Waals surface area contributed by atoms with Crippen molar-refractivity contribution in [3.05, 3.63) is 54.1 Å². The van der Waals surface area contributed by atoms with Crippen molar-refractivity contribution in [3.63, 3.8) is 0 Å². The Morgan fingerprint density at radius 1 is 0.893 bits per heavy atom. The van der Waals surface area contributed by atoms with Crippen molar-refractivity contribution in [2.24, 2.45) is 0 Å². The molecule has 2 saturated heterocycles. The van der Waals surface area contributed by atoms with Gasteiger partial charge < -0.3 is 25.2 Å². The van der Waals surface area contributed by atoms with Crippen LogP contribution in [-0.4, -0.2) is 45.4 Å². The molecule has 0 unspecified atom stereocenters. The molecular formula is C22H28N4O2. The summed E-state index contributed by atoms with van der Waals surface area (Å²) >= 11 is 0. The molecule has 28 heavy (non-hydrogen) atoms. The van der Waals surface area contributed by atoms with Crippen LogP contribution in [0, 0.1) is 0 Å². The van der Waals surface area contributed by atoms with Crippen molar-refractivity contribution in [2.75, 3.05) is 54.5 Å². The highest BCUT2D eigenvalue weighted by Gasteiger charge is 2.16. The second kappa shape index (κ2) is 8.97. The monoisotopic (exact) mass is 380 g/mol. The number of carbonyl (C=O) groups is 1. The minimum atomic E-state index is -0.177. The fourth-order valence-corrected chi connectivity index (χ4v) is 3.81. The first kappa shape index (κ1) is 18.6. The molecule has 2 aliphatic heterocycles. The highest BCUT2D eigenvalue weighted by Crippen LogP contribution is 2.28. The van der Waals surface area contributed by atoms with Gasteiger partial charge in [-0.1, -0.05) is 24.3 Å². The molecule has 0 radical (unpaired) electrons. The largest absolute Gasteiger partial charge is 0.378 e. The lowest BCUT2D eigenvalue weighted by molar-refractivity contribution is 0.122. The smallest absolute Gasteiger partial charge is 0.319 e. The number of nitrogens with zero attached hydrogens (tertiary/aromatic N) is 2. The number of anilines is 3. The molecule has 4 rings (SSSR count). The lowest BCUT2D eigenvalue weighted by Gasteiger charge is -2.28. The summed E-state index contributed by atoms with van der Waals surface area (Å²) in [6.07, 6.45) is 2.42. The van der Waals surface area contributed by atoms with Gasteiger partial charge in [0.15, 0.2) is 0 Å². The molecule has 0 atom stereocenters.